The van der Waals surface area contributed by atoms with E-state index in [0.717, 1.165) is 0 Å². The maximum absolute atomic E-state index is 11.4. The summed E-state index contributed by atoms with van der Waals surface area (Å²) in [5.74, 6) is -1.16. The molecule has 0 saturated carbocycles. The number of carbonyl (C=O) groups is 2. The molecule has 0 aliphatic rings. The third kappa shape index (κ3) is 3.08. The number of aliphatic carboxylic acids is 1. The first-order valence-electron chi connectivity index (χ1n) is 4.80. The van der Waals surface area contributed by atoms with E-state index >= 15 is 0 Å². The van der Waals surface area contributed by atoms with E-state index in [4.69, 9.17) is 5.11 Å². The molecule has 0 atom stereocenters. The minimum Gasteiger partial charge on any atom is -0.481 e. The number of hydrogen-bond donors (Lipinski definition) is 2. The summed E-state index contributed by atoms with van der Waals surface area (Å²) in [6.45, 7) is 10.0. The highest BCUT2D eigenvalue weighted by molar-refractivity contribution is 5.81. The third-order valence-corrected chi connectivity index (χ3v) is 2.88. The summed E-state index contributed by atoms with van der Waals surface area (Å²) < 4.78 is 0. The molecule has 0 fully saturated rings. The Morgan fingerprint density at radius 3 is 2.13 bits per heavy atom. The Hall–Kier alpha value is -1.32. The molecule has 0 aliphatic heterocycles. The van der Waals surface area contributed by atoms with Gasteiger partial charge in [0.2, 0.25) is 5.91 Å². The lowest BCUT2D eigenvalue weighted by Crippen LogP contribution is -2.56. The van der Waals surface area contributed by atoms with Gasteiger partial charge in [-0.25, -0.2) is 0 Å². The topological polar surface area (TPSA) is 66.4 Å². The van der Waals surface area contributed by atoms with Gasteiger partial charge in [0.25, 0.3) is 0 Å². The molecule has 0 aromatic heterocycles. The molecular weight excluding hydrogens is 194 g/mol. The molecule has 0 rings (SSSR count). The summed E-state index contributed by atoms with van der Waals surface area (Å²) in [5.41, 5.74) is -1.83. The SMILES string of the molecule is C=CCC(=O)NC(C)(C)C(C)(C)C(=O)O. The number of rotatable bonds is 5. The highest BCUT2D eigenvalue weighted by Crippen LogP contribution is 2.30. The van der Waals surface area contributed by atoms with Crippen molar-refractivity contribution >= 4 is 11.9 Å². The summed E-state index contributed by atoms with van der Waals surface area (Å²) in [6.07, 6.45) is 1.68. The molecule has 0 aromatic carbocycles. The molecule has 2 N–H and O–H groups in total. The number of carbonyl (C=O) groups excluding carboxylic acids is 1. The highest BCUT2D eigenvalue weighted by atomic mass is 16.4. The lowest BCUT2D eigenvalue weighted by atomic mass is 9.74. The predicted molar refractivity (Wildman–Crippen MR) is 58.5 cm³/mol. The first-order chi connectivity index (χ1) is 6.65. The third-order valence-electron chi connectivity index (χ3n) is 2.88. The van der Waals surface area contributed by atoms with E-state index in [0.29, 0.717) is 0 Å². The van der Waals surface area contributed by atoms with Crippen molar-refractivity contribution < 1.29 is 14.7 Å². The van der Waals surface area contributed by atoms with Crippen LogP contribution in [0.5, 0.6) is 0 Å². The molecule has 0 saturated heterocycles. The van der Waals surface area contributed by atoms with Gasteiger partial charge in [-0.05, 0) is 27.7 Å². The minimum absolute atomic E-state index is 0.194. The van der Waals surface area contributed by atoms with Gasteiger partial charge >= 0.3 is 5.97 Å². The number of hydrogen-bond acceptors (Lipinski definition) is 2. The molecule has 86 valence electrons. The molecule has 4 nitrogen and oxygen atoms in total. The van der Waals surface area contributed by atoms with Crippen LogP contribution in [0.4, 0.5) is 0 Å². The quantitative estimate of drug-likeness (QED) is 0.681. The van der Waals surface area contributed by atoms with Crippen LogP contribution in [0.15, 0.2) is 12.7 Å². The van der Waals surface area contributed by atoms with E-state index in [1.54, 1.807) is 27.7 Å². The summed E-state index contributed by atoms with van der Waals surface area (Å²) in [7, 11) is 0. The number of nitrogens with one attached hydrogen (secondary N) is 1. The van der Waals surface area contributed by atoms with Crippen molar-refractivity contribution in [2.75, 3.05) is 0 Å². The second-order valence-electron chi connectivity index (χ2n) is 4.60. The van der Waals surface area contributed by atoms with E-state index in [1.807, 2.05) is 0 Å². The molecular formula is C11H19NO3. The lowest BCUT2D eigenvalue weighted by molar-refractivity contribution is -0.151. The molecule has 0 radical (unpaired) electrons. The smallest absolute Gasteiger partial charge is 0.311 e. The molecule has 0 spiro atoms. The molecule has 0 heterocycles. The van der Waals surface area contributed by atoms with Crippen LogP contribution in [0.25, 0.3) is 0 Å². The minimum atomic E-state index is -1.02. The zero-order chi connectivity index (χ0) is 12.3. The van der Waals surface area contributed by atoms with Crippen molar-refractivity contribution in [3.05, 3.63) is 12.7 Å². The Morgan fingerprint density at radius 2 is 1.80 bits per heavy atom. The average Bonchev–Trinajstić information content (AvgIpc) is 2.02. The van der Waals surface area contributed by atoms with Crippen molar-refractivity contribution in [2.45, 2.75) is 39.7 Å². The van der Waals surface area contributed by atoms with Crippen LogP contribution in [0.1, 0.15) is 34.1 Å². The Morgan fingerprint density at radius 1 is 1.33 bits per heavy atom. The number of carboxylic acid groups (broad SMARTS) is 1. The Kier molecular flexibility index (Phi) is 4.07. The summed E-state index contributed by atoms with van der Waals surface area (Å²) >= 11 is 0. The molecule has 1 amide bonds. The van der Waals surface area contributed by atoms with Crippen molar-refractivity contribution in [3.63, 3.8) is 0 Å². The summed E-state index contributed by atoms with van der Waals surface area (Å²) in [4.78, 5) is 22.4. The van der Waals surface area contributed by atoms with Crippen LogP contribution in [0.3, 0.4) is 0 Å². The molecule has 0 unspecified atom stereocenters. The van der Waals surface area contributed by atoms with Gasteiger partial charge in [-0.2, -0.15) is 0 Å². The van der Waals surface area contributed by atoms with Crippen LogP contribution in [0.2, 0.25) is 0 Å². The molecule has 15 heavy (non-hydrogen) atoms. The van der Waals surface area contributed by atoms with E-state index in [9.17, 15) is 9.59 Å². The Balaban J connectivity index is 4.74. The van der Waals surface area contributed by atoms with Crippen LogP contribution in [-0.2, 0) is 9.59 Å². The van der Waals surface area contributed by atoms with Gasteiger partial charge in [-0.15, -0.1) is 6.58 Å². The largest absolute Gasteiger partial charge is 0.481 e. The molecule has 0 aromatic rings. The van der Waals surface area contributed by atoms with Gasteiger partial charge < -0.3 is 10.4 Å². The predicted octanol–water partition coefficient (Wildman–Crippen LogP) is 1.57. The first kappa shape index (κ1) is 13.7. The first-order valence-corrected chi connectivity index (χ1v) is 4.80. The fraction of sp³-hybridized carbons (Fsp3) is 0.636. The summed E-state index contributed by atoms with van der Waals surface area (Å²) in [5, 5.41) is 11.7. The maximum Gasteiger partial charge on any atom is 0.311 e. The second-order valence-corrected chi connectivity index (χ2v) is 4.60. The van der Waals surface area contributed by atoms with Crippen LogP contribution >= 0.6 is 0 Å². The van der Waals surface area contributed by atoms with E-state index in [2.05, 4.69) is 11.9 Å². The van der Waals surface area contributed by atoms with E-state index < -0.39 is 16.9 Å². The standard InChI is InChI=1S/C11H19NO3/c1-6-7-8(13)12-11(4,5)10(2,3)9(14)15/h6H,1,7H2,2-5H3,(H,12,13)(H,14,15). The van der Waals surface area contributed by atoms with Crippen molar-refractivity contribution in [2.24, 2.45) is 5.41 Å². The average molecular weight is 213 g/mol. The number of carboxylic acids is 1. The van der Waals surface area contributed by atoms with Crippen LogP contribution in [-0.4, -0.2) is 22.5 Å². The van der Waals surface area contributed by atoms with Gasteiger partial charge in [-0.3, -0.25) is 9.59 Å². The van der Waals surface area contributed by atoms with Crippen molar-refractivity contribution in [1.29, 1.82) is 0 Å². The van der Waals surface area contributed by atoms with Crippen molar-refractivity contribution in [1.82, 2.24) is 5.32 Å². The van der Waals surface area contributed by atoms with E-state index in [-0.39, 0.29) is 12.3 Å². The Bertz CT molecular complexity index is 280. The second kappa shape index (κ2) is 4.47. The zero-order valence-electron chi connectivity index (χ0n) is 9.76. The number of amides is 1. The van der Waals surface area contributed by atoms with Gasteiger partial charge in [0, 0.05) is 12.0 Å². The van der Waals surface area contributed by atoms with Crippen LogP contribution in [0, 0.1) is 5.41 Å². The van der Waals surface area contributed by atoms with Crippen molar-refractivity contribution in [3.8, 4) is 0 Å². The monoisotopic (exact) mass is 213 g/mol. The van der Waals surface area contributed by atoms with Gasteiger partial charge in [0.05, 0.1) is 5.41 Å². The zero-order valence-corrected chi connectivity index (χ0v) is 9.76. The van der Waals surface area contributed by atoms with Gasteiger partial charge in [0.15, 0.2) is 0 Å². The van der Waals surface area contributed by atoms with E-state index in [1.165, 1.54) is 6.08 Å². The molecule has 0 aliphatic carbocycles. The van der Waals surface area contributed by atoms with Gasteiger partial charge in [-0.1, -0.05) is 6.08 Å². The highest BCUT2D eigenvalue weighted by Gasteiger charge is 2.44. The Labute approximate surface area is 90.4 Å². The fourth-order valence-electron chi connectivity index (χ4n) is 0.954. The summed E-state index contributed by atoms with van der Waals surface area (Å²) in [6, 6.07) is 0. The normalized spacial score (nSPS) is 12.0. The fourth-order valence-corrected chi connectivity index (χ4v) is 0.954. The lowest BCUT2D eigenvalue weighted by Gasteiger charge is -2.38. The molecule has 0 bridgehead atoms. The maximum atomic E-state index is 11.4. The molecule has 4 heteroatoms. The van der Waals surface area contributed by atoms with Crippen LogP contribution < -0.4 is 5.32 Å². The van der Waals surface area contributed by atoms with Gasteiger partial charge in [0.1, 0.15) is 0 Å².